The third kappa shape index (κ3) is 2.23. The highest BCUT2D eigenvalue weighted by molar-refractivity contribution is 9.10. The summed E-state index contributed by atoms with van der Waals surface area (Å²) >= 11 is 8.69. The second kappa shape index (κ2) is 5.00. The normalized spacial score (nSPS) is 10.9. The standard InChI is InChI=1S/C15H11BrN2OS/c1-9-2-7-13-12(8-9)14(19)18(15(20)17-13)11-5-3-10(16)4-6-11/h2-8H,1H3,(H,17,20). The maximum Gasteiger partial charge on any atom is 0.266 e. The fourth-order valence-corrected chi connectivity index (χ4v) is 2.72. The van der Waals surface area contributed by atoms with Gasteiger partial charge in [0.15, 0.2) is 4.77 Å². The number of benzene rings is 2. The highest BCUT2D eigenvalue weighted by Crippen LogP contribution is 2.15. The Bertz CT molecular complexity index is 910. The number of hydrogen-bond acceptors (Lipinski definition) is 2. The minimum Gasteiger partial charge on any atom is -0.331 e. The molecular formula is C15H11BrN2OS. The number of nitrogens with one attached hydrogen (secondary N) is 1. The van der Waals surface area contributed by atoms with Crippen LogP contribution >= 0.6 is 28.1 Å². The first kappa shape index (κ1) is 13.3. The van der Waals surface area contributed by atoms with Crippen molar-refractivity contribution in [3.8, 4) is 5.69 Å². The van der Waals surface area contributed by atoms with Crippen molar-refractivity contribution < 1.29 is 0 Å². The van der Waals surface area contributed by atoms with Crippen LogP contribution in [0.15, 0.2) is 51.7 Å². The molecule has 3 nitrogen and oxygen atoms in total. The molecule has 0 radical (unpaired) electrons. The maximum atomic E-state index is 12.7. The molecule has 0 aliphatic rings. The first-order chi connectivity index (χ1) is 9.56. The Kier molecular flexibility index (Phi) is 3.31. The molecule has 1 heterocycles. The fourth-order valence-electron chi connectivity index (χ4n) is 2.15. The van der Waals surface area contributed by atoms with Crippen LogP contribution in [0.3, 0.4) is 0 Å². The minimum absolute atomic E-state index is 0.102. The van der Waals surface area contributed by atoms with Crippen LogP contribution in [-0.4, -0.2) is 9.55 Å². The highest BCUT2D eigenvalue weighted by Gasteiger charge is 2.07. The molecule has 0 saturated heterocycles. The second-order valence-electron chi connectivity index (χ2n) is 4.60. The Morgan fingerprint density at radius 1 is 1.15 bits per heavy atom. The topological polar surface area (TPSA) is 37.8 Å². The Balaban J connectivity index is 2.39. The van der Waals surface area contributed by atoms with Crippen molar-refractivity contribution in [3.05, 3.63) is 67.6 Å². The van der Waals surface area contributed by atoms with Crippen molar-refractivity contribution in [1.29, 1.82) is 0 Å². The van der Waals surface area contributed by atoms with Crippen LogP contribution in [0.2, 0.25) is 0 Å². The molecular weight excluding hydrogens is 336 g/mol. The van der Waals surface area contributed by atoms with E-state index in [1.807, 2.05) is 49.4 Å². The zero-order valence-electron chi connectivity index (χ0n) is 10.7. The van der Waals surface area contributed by atoms with Crippen molar-refractivity contribution in [2.24, 2.45) is 0 Å². The largest absolute Gasteiger partial charge is 0.331 e. The van der Waals surface area contributed by atoms with Gasteiger partial charge in [0.25, 0.3) is 5.56 Å². The van der Waals surface area contributed by atoms with Gasteiger partial charge in [-0.25, -0.2) is 0 Å². The van der Waals surface area contributed by atoms with Crippen molar-refractivity contribution in [3.63, 3.8) is 0 Å². The lowest BCUT2D eigenvalue weighted by Crippen LogP contribution is -2.20. The smallest absolute Gasteiger partial charge is 0.266 e. The van der Waals surface area contributed by atoms with E-state index in [-0.39, 0.29) is 5.56 Å². The van der Waals surface area contributed by atoms with Crippen LogP contribution in [0.1, 0.15) is 5.56 Å². The van der Waals surface area contributed by atoms with E-state index in [4.69, 9.17) is 12.2 Å². The van der Waals surface area contributed by atoms with Gasteiger partial charge in [0.1, 0.15) is 0 Å². The van der Waals surface area contributed by atoms with Crippen molar-refractivity contribution in [2.75, 3.05) is 0 Å². The minimum atomic E-state index is -0.102. The summed E-state index contributed by atoms with van der Waals surface area (Å²) in [6.07, 6.45) is 0. The SMILES string of the molecule is Cc1ccc2[nH]c(=S)n(-c3ccc(Br)cc3)c(=O)c2c1. The number of aryl methyl sites for hydroxylation is 1. The Labute approximate surface area is 129 Å². The second-order valence-corrected chi connectivity index (χ2v) is 5.90. The molecule has 1 N–H and O–H groups in total. The van der Waals surface area contributed by atoms with Gasteiger partial charge in [-0.05, 0) is 55.5 Å². The molecule has 0 aliphatic carbocycles. The van der Waals surface area contributed by atoms with E-state index in [1.165, 1.54) is 4.57 Å². The molecule has 0 spiro atoms. The molecule has 0 amide bonds. The molecule has 0 unspecified atom stereocenters. The monoisotopic (exact) mass is 346 g/mol. The van der Waals surface area contributed by atoms with E-state index in [9.17, 15) is 4.79 Å². The van der Waals surface area contributed by atoms with E-state index in [2.05, 4.69) is 20.9 Å². The highest BCUT2D eigenvalue weighted by atomic mass is 79.9. The average Bonchev–Trinajstić information content (AvgIpc) is 2.42. The Morgan fingerprint density at radius 2 is 1.85 bits per heavy atom. The lowest BCUT2D eigenvalue weighted by Gasteiger charge is -2.08. The number of aromatic amines is 1. The predicted octanol–water partition coefficient (Wildman–Crippen LogP) is 4.12. The predicted molar refractivity (Wildman–Crippen MR) is 87.2 cm³/mol. The fraction of sp³-hybridized carbons (Fsp3) is 0.0667. The maximum absolute atomic E-state index is 12.7. The number of rotatable bonds is 1. The molecule has 0 saturated carbocycles. The molecule has 3 rings (SSSR count). The quantitative estimate of drug-likeness (QED) is 0.673. The molecule has 0 fully saturated rings. The van der Waals surface area contributed by atoms with Crippen LogP contribution < -0.4 is 5.56 Å². The van der Waals surface area contributed by atoms with E-state index < -0.39 is 0 Å². The summed E-state index contributed by atoms with van der Waals surface area (Å²) in [6, 6.07) is 13.2. The van der Waals surface area contributed by atoms with Gasteiger partial charge in [0, 0.05) is 4.47 Å². The van der Waals surface area contributed by atoms with Gasteiger partial charge in [-0.15, -0.1) is 0 Å². The summed E-state index contributed by atoms with van der Waals surface area (Å²) in [5.41, 5.74) is 2.46. The lowest BCUT2D eigenvalue weighted by atomic mass is 10.1. The molecule has 0 bridgehead atoms. The molecule has 1 aromatic heterocycles. The number of H-pyrrole nitrogens is 1. The summed E-state index contributed by atoms with van der Waals surface area (Å²) < 4.78 is 2.87. The molecule has 0 aliphatic heterocycles. The van der Waals surface area contributed by atoms with E-state index in [1.54, 1.807) is 0 Å². The van der Waals surface area contributed by atoms with E-state index >= 15 is 0 Å². The summed E-state index contributed by atoms with van der Waals surface area (Å²) in [7, 11) is 0. The first-order valence-corrected chi connectivity index (χ1v) is 7.28. The van der Waals surface area contributed by atoms with Gasteiger partial charge < -0.3 is 4.98 Å². The van der Waals surface area contributed by atoms with Gasteiger partial charge in [-0.2, -0.15) is 0 Å². The summed E-state index contributed by atoms with van der Waals surface area (Å²) in [5, 5.41) is 0.640. The van der Waals surface area contributed by atoms with Crippen LogP contribution in [-0.2, 0) is 0 Å². The number of nitrogens with zero attached hydrogens (tertiary/aromatic N) is 1. The third-order valence-corrected chi connectivity index (χ3v) is 3.95. The summed E-state index contributed by atoms with van der Waals surface area (Å²) in [5.74, 6) is 0. The lowest BCUT2D eigenvalue weighted by molar-refractivity contribution is 0.939. The number of fused-ring (bicyclic) bond motifs is 1. The molecule has 0 atom stereocenters. The van der Waals surface area contributed by atoms with Crippen molar-refractivity contribution in [2.45, 2.75) is 6.92 Å². The third-order valence-electron chi connectivity index (χ3n) is 3.14. The van der Waals surface area contributed by atoms with Crippen LogP contribution in [0, 0.1) is 11.7 Å². The Morgan fingerprint density at radius 3 is 2.55 bits per heavy atom. The number of halogens is 1. The summed E-state index contributed by atoms with van der Waals surface area (Å²) in [4.78, 5) is 15.8. The number of aromatic nitrogens is 2. The zero-order valence-corrected chi connectivity index (χ0v) is 13.1. The zero-order chi connectivity index (χ0) is 14.3. The Hall–Kier alpha value is -1.72. The van der Waals surface area contributed by atoms with E-state index in [0.717, 1.165) is 21.2 Å². The number of hydrogen-bond donors (Lipinski definition) is 1. The molecule has 100 valence electrons. The molecule has 3 aromatic rings. The van der Waals surface area contributed by atoms with E-state index in [0.29, 0.717) is 10.2 Å². The molecule has 5 heteroatoms. The van der Waals surface area contributed by atoms with Crippen LogP contribution in [0.5, 0.6) is 0 Å². The van der Waals surface area contributed by atoms with Gasteiger partial charge in [-0.3, -0.25) is 9.36 Å². The van der Waals surface area contributed by atoms with Gasteiger partial charge in [-0.1, -0.05) is 27.6 Å². The molecule has 20 heavy (non-hydrogen) atoms. The molecule has 2 aromatic carbocycles. The summed E-state index contributed by atoms with van der Waals surface area (Å²) in [6.45, 7) is 1.96. The van der Waals surface area contributed by atoms with Crippen LogP contribution in [0.4, 0.5) is 0 Å². The van der Waals surface area contributed by atoms with Gasteiger partial charge >= 0.3 is 0 Å². The van der Waals surface area contributed by atoms with Crippen LogP contribution in [0.25, 0.3) is 16.6 Å². The average molecular weight is 347 g/mol. The van der Waals surface area contributed by atoms with Crippen molar-refractivity contribution in [1.82, 2.24) is 9.55 Å². The first-order valence-electron chi connectivity index (χ1n) is 6.08. The van der Waals surface area contributed by atoms with Gasteiger partial charge in [0.2, 0.25) is 0 Å². The van der Waals surface area contributed by atoms with Gasteiger partial charge in [0.05, 0.1) is 16.6 Å². The van der Waals surface area contributed by atoms with Crippen molar-refractivity contribution >= 4 is 39.1 Å².